The van der Waals surface area contributed by atoms with Crippen LogP contribution in [0.4, 0.5) is 4.39 Å². The Bertz CT molecular complexity index is 599. The first kappa shape index (κ1) is 14.3. The normalized spacial score (nSPS) is 12.5. The standard InChI is InChI=1S/C15H14Cl2FN/c1-9-7-11(18)5-6-12(9)14(19)8-10-3-2-4-13(16)15(10)17/h2-7,14H,8,19H2,1H3. The summed E-state index contributed by atoms with van der Waals surface area (Å²) in [5.41, 5.74) is 8.82. The quantitative estimate of drug-likeness (QED) is 0.874. The number of benzene rings is 2. The number of halogens is 3. The molecule has 1 nitrogen and oxygen atoms in total. The van der Waals surface area contributed by atoms with Crippen LogP contribution in [0.2, 0.25) is 10.0 Å². The van der Waals surface area contributed by atoms with Crippen LogP contribution in [-0.4, -0.2) is 0 Å². The molecule has 0 spiro atoms. The van der Waals surface area contributed by atoms with Gasteiger partial charge in [0.05, 0.1) is 10.0 Å². The summed E-state index contributed by atoms with van der Waals surface area (Å²) in [6.45, 7) is 1.85. The summed E-state index contributed by atoms with van der Waals surface area (Å²) in [6.07, 6.45) is 0.561. The highest BCUT2D eigenvalue weighted by atomic mass is 35.5. The van der Waals surface area contributed by atoms with Crippen molar-refractivity contribution in [2.24, 2.45) is 5.73 Å². The van der Waals surface area contributed by atoms with Crippen molar-refractivity contribution in [3.63, 3.8) is 0 Å². The number of hydrogen-bond donors (Lipinski definition) is 1. The maximum absolute atomic E-state index is 13.1. The first-order chi connectivity index (χ1) is 8.99. The van der Waals surface area contributed by atoms with E-state index in [0.717, 1.165) is 16.7 Å². The zero-order valence-electron chi connectivity index (χ0n) is 10.5. The summed E-state index contributed by atoms with van der Waals surface area (Å²) in [4.78, 5) is 0. The third-order valence-electron chi connectivity index (χ3n) is 3.10. The van der Waals surface area contributed by atoms with Crippen molar-refractivity contribution in [1.29, 1.82) is 0 Å². The molecule has 1 atom stereocenters. The minimum atomic E-state index is -0.255. The van der Waals surface area contributed by atoms with Crippen molar-refractivity contribution in [2.45, 2.75) is 19.4 Å². The number of hydrogen-bond acceptors (Lipinski definition) is 1. The summed E-state index contributed by atoms with van der Waals surface area (Å²) in [7, 11) is 0. The van der Waals surface area contributed by atoms with E-state index in [9.17, 15) is 4.39 Å². The molecule has 2 N–H and O–H groups in total. The highest BCUT2D eigenvalue weighted by Gasteiger charge is 2.13. The highest BCUT2D eigenvalue weighted by Crippen LogP contribution is 2.29. The van der Waals surface area contributed by atoms with Crippen molar-refractivity contribution in [2.75, 3.05) is 0 Å². The van der Waals surface area contributed by atoms with Gasteiger partial charge in [0, 0.05) is 6.04 Å². The van der Waals surface area contributed by atoms with E-state index in [1.54, 1.807) is 12.1 Å². The van der Waals surface area contributed by atoms with E-state index in [-0.39, 0.29) is 11.9 Å². The second-order valence-corrected chi connectivity index (χ2v) is 5.31. The Balaban J connectivity index is 2.25. The fourth-order valence-electron chi connectivity index (χ4n) is 2.11. The fourth-order valence-corrected chi connectivity index (χ4v) is 2.51. The lowest BCUT2D eigenvalue weighted by atomic mass is 9.96. The van der Waals surface area contributed by atoms with E-state index < -0.39 is 0 Å². The largest absolute Gasteiger partial charge is 0.324 e. The molecule has 0 aliphatic rings. The van der Waals surface area contributed by atoms with Gasteiger partial charge in [0.2, 0.25) is 0 Å². The zero-order chi connectivity index (χ0) is 14.0. The van der Waals surface area contributed by atoms with Crippen LogP contribution in [0.5, 0.6) is 0 Å². The molecule has 0 amide bonds. The molecule has 2 rings (SSSR count). The topological polar surface area (TPSA) is 26.0 Å². The second kappa shape index (κ2) is 5.91. The molecule has 0 saturated carbocycles. The molecule has 19 heavy (non-hydrogen) atoms. The Morgan fingerprint density at radius 2 is 1.95 bits per heavy atom. The van der Waals surface area contributed by atoms with E-state index in [1.807, 2.05) is 19.1 Å². The van der Waals surface area contributed by atoms with Gasteiger partial charge in [0.1, 0.15) is 5.82 Å². The molecule has 0 aliphatic heterocycles. The molecule has 0 aromatic heterocycles. The first-order valence-electron chi connectivity index (χ1n) is 5.93. The lowest BCUT2D eigenvalue weighted by molar-refractivity contribution is 0.622. The fraction of sp³-hybridized carbons (Fsp3) is 0.200. The van der Waals surface area contributed by atoms with Gasteiger partial charge in [-0.2, -0.15) is 0 Å². The van der Waals surface area contributed by atoms with Gasteiger partial charge < -0.3 is 5.73 Å². The molecule has 0 heterocycles. The molecule has 1 unspecified atom stereocenters. The van der Waals surface area contributed by atoms with Gasteiger partial charge in [-0.05, 0) is 48.2 Å². The Labute approximate surface area is 122 Å². The Hall–Kier alpha value is -1.09. The van der Waals surface area contributed by atoms with Crippen LogP contribution in [0, 0.1) is 12.7 Å². The average Bonchev–Trinajstić information content (AvgIpc) is 2.34. The average molecular weight is 298 g/mol. The summed E-state index contributed by atoms with van der Waals surface area (Å²) >= 11 is 12.1. The molecule has 0 fully saturated rings. The highest BCUT2D eigenvalue weighted by molar-refractivity contribution is 6.42. The summed E-state index contributed by atoms with van der Waals surface area (Å²) in [6, 6.07) is 9.85. The van der Waals surface area contributed by atoms with Gasteiger partial charge in [0.15, 0.2) is 0 Å². The molecular weight excluding hydrogens is 284 g/mol. The van der Waals surface area contributed by atoms with Crippen LogP contribution in [0.1, 0.15) is 22.7 Å². The number of rotatable bonds is 3. The predicted molar refractivity (Wildman–Crippen MR) is 78.2 cm³/mol. The summed E-state index contributed by atoms with van der Waals surface area (Å²) < 4.78 is 13.1. The van der Waals surface area contributed by atoms with E-state index in [1.165, 1.54) is 12.1 Å². The van der Waals surface area contributed by atoms with Gasteiger partial charge in [-0.3, -0.25) is 0 Å². The minimum Gasteiger partial charge on any atom is -0.324 e. The number of aryl methyl sites for hydroxylation is 1. The lowest BCUT2D eigenvalue weighted by Gasteiger charge is -2.16. The van der Waals surface area contributed by atoms with Crippen molar-refractivity contribution in [3.8, 4) is 0 Å². The van der Waals surface area contributed by atoms with Crippen molar-refractivity contribution in [1.82, 2.24) is 0 Å². The molecule has 0 saturated heterocycles. The Morgan fingerprint density at radius 3 is 2.63 bits per heavy atom. The maximum atomic E-state index is 13.1. The third kappa shape index (κ3) is 3.27. The third-order valence-corrected chi connectivity index (χ3v) is 3.96. The predicted octanol–water partition coefficient (Wildman–Crippen LogP) is 4.68. The first-order valence-corrected chi connectivity index (χ1v) is 6.69. The zero-order valence-corrected chi connectivity index (χ0v) is 12.0. The van der Waals surface area contributed by atoms with Gasteiger partial charge in [0.25, 0.3) is 0 Å². The van der Waals surface area contributed by atoms with E-state index in [2.05, 4.69) is 0 Å². The molecular formula is C15H14Cl2FN. The van der Waals surface area contributed by atoms with E-state index in [4.69, 9.17) is 28.9 Å². The Kier molecular flexibility index (Phi) is 4.46. The molecule has 2 aromatic carbocycles. The minimum absolute atomic E-state index is 0.239. The van der Waals surface area contributed by atoms with E-state index >= 15 is 0 Å². The van der Waals surface area contributed by atoms with Crippen LogP contribution >= 0.6 is 23.2 Å². The van der Waals surface area contributed by atoms with Crippen LogP contribution in [0.15, 0.2) is 36.4 Å². The van der Waals surface area contributed by atoms with Crippen molar-refractivity contribution < 1.29 is 4.39 Å². The van der Waals surface area contributed by atoms with Gasteiger partial charge in [-0.1, -0.05) is 41.4 Å². The summed E-state index contributed by atoms with van der Waals surface area (Å²) in [5, 5.41) is 1.04. The SMILES string of the molecule is Cc1cc(F)ccc1C(N)Cc1cccc(Cl)c1Cl. The molecule has 2 aromatic rings. The second-order valence-electron chi connectivity index (χ2n) is 4.52. The van der Waals surface area contributed by atoms with Crippen LogP contribution in [-0.2, 0) is 6.42 Å². The molecule has 0 bridgehead atoms. The molecule has 0 radical (unpaired) electrons. The van der Waals surface area contributed by atoms with Crippen LogP contribution in [0.25, 0.3) is 0 Å². The smallest absolute Gasteiger partial charge is 0.123 e. The van der Waals surface area contributed by atoms with Gasteiger partial charge in [-0.15, -0.1) is 0 Å². The molecule has 4 heteroatoms. The molecule has 100 valence electrons. The Morgan fingerprint density at radius 1 is 1.21 bits per heavy atom. The lowest BCUT2D eigenvalue weighted by Crippen LogP contribution is -2.15. The summed E-state index contributed by atoms with van der Waals surface area (Å²) in [5.74, 6) is -0.255. The van der Waals surface area contributed by atoms with Crippen LogP contribution in [0.3, 0.4) is 0 Å². The monoisotopic (exact) mass is 297 g/mol. The van der Waals surface area contributed by atoms with Crippen molar-refractivity contribution in [3.05, 3.63) is 69.0 Å². The molecule has 0 aliphatic carbocycles. The van der Waals surface area contributed by atoms with Gasteiger partial charge >= 0.3 is 0 Å². The van der Waals surface area contributed by atoms with Crippen LogP contribution < -0.4 is 5.73 Å². The van der Waals surface area contributed by atoms with Gasteiger partial charge in [-0.25, -0.2) is 4.39 Å². The maximum Gasteiger partial charge on any atom is 0.123 e. The number of nitrogens with two attached hydrogens (primary N) is 1. The van der Waals surface area contributed by atoms with E-state index in [0.29, 0.717) is 16.5 Å². The van der Waals surface area contributed by atoms with Crippen molar-refractivity contribution >= 4 is 23.2 Å².